The number of carbonyl (C=O) groups excluding carboxylic acids is 1. The highest BCUT2D eigenvalue weighted by atomic mass is 35.5. The zero-order valence-corrected chi connectivity index (χ0v) is 12.5. The quantitative estimate of drug-likeness (QED) is 0.848. The van der Waals surface area contributed by atoms with Crippen molar-refractivity contribution in [3.63, 3.8) is 0 Å². The van der Waals surface area contributed by atoms with Crippen LogP contribution in [0.3, 0.4) is 0 Å². The summed E-state index contributed by atoms with van der Waals surface area (Å²) >= 11 is 0. The summed E-state index contributed by atoms with van der Waals surface area (Å²) in [4.78, 5) is 14.3. The first kappa shape index (κ1) is 15.7. The summed E-state index contributed by atoms with van der Waals surface area (Å²) in [6.07, 6.45) is 2.99. The minimum Gasteiger partial charge on any atom is -0.378 e. The van der Waals surface area contributed by atoms with Gasteiger partial charge in [-0.05, 0) is 19.8 Å². The van der Waals surface area contributed by atoms with Gasteiger partial charge in [-0.15, -0.1) is 12.4 Å². The van der Waals surface area contributed by atoms with Crippen LogP contribution in [0.15, 0.2) is 0 Å². The summed E-state index contributed by atoms with van der Waals surface area (Å²) in [7, 11) is 1.87. The molecule has 0 spiro atoms. The Hall–Kier alpha value is -0.320. The molecule has 5 heteroatoms. The average Bonchev–Trinajstić information content (AvgIpc) is 3.10. The summed E-state index contributed by atoms with van der Waals surface area (Å²) in [6.45, 7) is 6.73. The topological polar surface area (TPSA) is 55.6 Å². The van der Waals surface area contributed by atoms with Gasteiger partial charge in [-0.2, -0.15) is 0 Å². The van der Waals surface area contributed by atoms with Crippen LogP contribution in [0.25, 0.3) is 0 Å². The van der Waals surface area contributed by atoms with Crippen LogP contribution >= 0.6 is 12.4 Å². The van der Waals surface area contributed by atoms with Crippen LogP contribution in [0.2, 0.25) is 0 Å². The van der Waals surface area contributed by atoms with Crippen molar-refractivity contribution in [1.82, 2.24) is 4.90 Å². The van der Waals surface area contributed by atoms with E-state index in [9.17, 15) is 4.79 Å². The summed E-state index contributed by atoms with van der Waals surface area (Å²) < 4.78 is 5.64. The largest absolute Gasteiger partial charge is 0.378 e. The van der Waals surface area contributed by atoms with Crippen molar-refractivity contribution >= 4 is 18.3 Å². The Kier molecular flexibility index (Phi) is 4.36. The molecule has 2 unspecified atom stereocenters. The normalized spacial score (nSPS) is 33.3. The third kappa shape index (κ3) is 2.15. The van der Waals surface area contributed by atoms with Gasteiger partial charge in [0.2, 0.25) is 5.91 Å². The minimum atomic E-state index is -0.746. The van der Waals surface area contributed by atoms with E-state index in [1.807, 2.05) is 32.7 Å². The fraction of sp³-hybridized carbons (Fsp3) is 0.923. The van der Waals surface area contributed by atoms with E-state index in [4.69, 9.17) is 10.5 Å². The number of carbonyl (C=O) groups is 1. The molecule has 1 amide bonds. The summed E-state index contributed by atoms with van der Waals surface area (Å²) in [5.74, 6) is 0.0842. The Morgan fingerprint density at radius 3 is 2.39 bits per heavy atom. The molecule has 2 aliphatic rings. The average molecular weight is 277 g/mol. The van der Waals surface area contributed by atoms with Crippen LogP contribution in [-0.2, 0) is 9.53 Å². The van der Waals surface area contributed by atoms with E-state index in [2.05, 4.69) is 0 Å². The second-order valence-corrected chi connectivity index (χ2v) is 5.99. The van der Waals surface area contributed by atoms with E-state index in [-0.39, 0.29) is 29.8 Å². The lowest BCUT2D eigenvalue weighted by Crippen LogP contribution is -2.75. The highest BCUT2D eigenvalue weighted by Gasteiger charge is 2.64. The molecule has 0 aliphatic heterocycles. The summed E-state index contributed by atoms with van der Waals surface area (Å²) in [6, 6.07) is 0.421. The van der Waals surface area contributed by atoms with E-state index in [0.717, 1.165) is 12.8 Å². The van der Waals surface area contributed by atoms with Crippen molar-refractivity contribution in [2.45, 2.75) is 57.7 Å². The second kappa shape index (κ2) is 4.99. The molecular weight excluding hydrogens is 252 g/mol. The molecule has 2 saturated carbocycles. The minimum absolute atomic E-state index is 0. The van der Waals surface area contributed by atoms with Gasteiger partial charge in [0.25, 0.3) is 0 Å². The first-order chi connectivity index (χ1) is 7.84. The van der Waals surface area contributed by atoms with Gasteiger partial charge in [0.1, 0.15) is 5.54 Å². The molecule has 4 nitrogen and oxygen atoms in total. The molecule has 0 bridgehead atoms. The molecule has 0 aromatic heterocycles. The zero-order valence-electron chi connectivity index (χ0n) is 11.7. The standard InChI is InChI=1S/C13H24N2O2.ClH/c1-5-17-10-8-13(14,12(10,2)3)11(16)15(4)9-6-7-9;/h9-10H,5-8,14H2,1-4H3;1H. The van der Waals surface area contributed by atoms with E-state index >= 15 is 0 Å². The molecule has 2 N–H and O–H groups in total. The van der Waals surface area contributed by atoms with E-state index < -0.39 is 5.54 Å². The van der Waals surface area contributed by atoms with Gasteiger partial charge >= 0.3 is 0 Å². The van der Waals surface area contributed by atoms with Gasteiger partial charge in [0.05, 0.1) is 6.10 Å². The SMILES string of the molecule is CCOC1CC(N)(C(=O)N(C)C2CC2)C1(C)C.Cl. The number of nitrogens with two attached hydrogens (primary N) is 1. The highest BCUT2D eigenvalue weighted by Crippen LogP contribution is 2.51. The first-order valence-corrected chi connectivity index (χ1v) is 6.52. The molecule has 106 valence electrons. The van der Waals surface area contributed by atoms with Crippen LogP contribution in [-0.4, -0.2) is 42.1 Å². The fourth-order valence-corrected chi connectivity index (χ4v) is 2.74. The Bertz CT molecular complexity index is 331. The first-order valence-electron chi connectivity index (χ1n) is 6.52. The third-order valence-electron chi connectivity index (χ3n) is 4.63. The van der Waals surface area contributed by atoms with Crippen molar-refractivity contribution < 1.29 is 9.53 Å². The maximum atomic E-state index is 12.4. The van der Waals surface area contributed by atoms with Crippen LogP contribution in [0.1, 0.15) is 40.0 Å². The highest BCUT2D eigenvalue weighted by molar-refractivity contribution is 5.89. The van der Waals surface area contributed by atoms with Crippen LogP contribution in [0, 0.1) is 5.41 Å². The van der Waals surface area contributed by atoms with Gasteiger partial charge < -0.3 is 15.4 Å². The van der Waals surface area contributed by atoms with Crippen LogP contribution in [0.4, 0.5) is 0 Å². The van der Waals surface area contributed by atoms with Gasteiger partial charge in [0.15, 0.2) is 0 Å². The molecule has 2 aliphatic carbocycles. The molecule has 2 rings (SSSR count). The molecule has 18 heavy (non-hydrogen) atoms. The molecular formula is C13H25ClN2O2. The van der Waals surface area contributed by atoms with E-state index in [1.54, 1.807) is 0 Å². The maximum Gasteiger partial charge on any atom is 0.243 e. The zero-order chi connectivity index (χ0) is 12.8. The lowest BCUT2D eigenvalue weighted by Gasteiger charge is -2.58. The summed E-state index contributed by atoms with van der Waals surface area (Å²) in [5.41, 5.74) is 5.32. The third-order valence-corrected chi connectivity index (χ3v) is 4.63. The van der Waals surface area contributed by atoms with Gasteiger partial charge in [0, 0.05) is 31.5 Å². The van der Waals surface area contributed by atoms with Crippen molar-refractivity contribution in [2.75, 3.05) is 13.7 Å². The number of nitrogens with zero attached hydrogens (tertiary/aromatic N) is 1. The van der Waals surface area contributed by atoms with Crippen molar-refractivity contribution in [3.8, 4) is 0 Å². The van der Waals surface area contributed by atoms with E-state index in [0.29, 0.717) is 19.1 Å². The van der Waals surface area contributed by atoms with Crippen LogP contribution < -0.4 is 5.73 Å². The molecule has 0 aromatic rings. The Morgan fingerprint density at radius 2 is 2.00 bits per heavy atom. The van der Waals surface area contributed by atoms with Crippen molar-refractivity contribution in [3.05, 3.63) is 0 Å². The lowest BCUT2D eigenvalue weighted by molar-refractivity contribution is -0.178. The molecule has 0 radical (unpaired) electrons. The maximum absolute atomic E-state index is 12.4. The molecule has 2 fully saturated rings. The second-order valence-electron chi connectivity index (χ2n) is 5.99. The number of halogens is 1. The van der Waals surface area contributed by atoms with Crippen molar-refractivity contribution in [1.29, 1.82) is 0 Å². The Labute approximate surface area is 116 Å². The Balaban J connectivity index is 0.00000162. The smallest absolute Gasteiger partial charge is 0.243 e. The molecule has 0 heterocycles. The molecule has 0 saturated heterocycles. The summed E-state index contributed by atoms with van der Waals surface area (Å²) in [5, 5.41) is 0. The van der Waals surface area contributed by atoms with E-state index in [1.165, 1.54) is 0 Å². The predicted molar refractivity (Wildman–Crippen MR) is 73.8 cm³/mol. The van der Waals surface area contributed by atoms with Gasteiger partial charge in [-0.25, -0.2) is 0 Å². The lowest BCUT2D eigenvalue weighted by atomic mass is 9.54. The van der Waals surface area contributed by atoms with Crippen molar-refractivity contribution in [2.24, 2.45) is 11.1 Å². The molecule has 0 aromatic carbocycles. The van der Waals surface area contributed by atoms with Crippen LogP contribution in [0.5, 0.6) is 0 Å². The van der Waals surface area contributed by atoms with Gasteiger partial charge in [-0.1, -0.05) is 13.8 Å². The predicted octanol–water partition coefficient (Wildman–Crippen LogP) is 1.56. The molecule has 2 atom stereocenters. The number of amides is 1. The number of rotatable bonds is 4. The fourth-order valence-electron chi connectivity index (χ4n) is 2.74. The number of likely N-dealkylation sites (N-methyl/N-ethyl adjacent to an activating group) is 1. The monoisotopic (exact) mass is 276 g/mol. The van der Waals surface area contributed by atoms with Gasteiger partial charge in [-0.3, -0.25) is 4.79 Å². The Morgan fingerprint density at radius 1 is 1.44 bits per heavy atom. The number of hydrogen-bond acceptors (Lipinski definition) is 3. The number of ether oxygens (including phenoxy) is 1. The number of hydrogen-bond donors (Lipinski definition) is 1.